The van der Waals surface area contributed by atoms with E-state index in [0.717, 1.165) is 16.8 Å². The third-order valence-electron chi connectivity index (χ3n) is 2.90. The van der Waals surface area contributed by atoms with Crippen LogP contribution in [0.1, 0.15) is 12.5 Å². The molecule has 0 saturated carbocycles. The summed E-state index contributed by atoms with van der Waals surface area (Å²) in [6.07, 6.45) is 0.0510. The van der Waals surface area contributed by atoms with Crippen molar-refractivity contribution in [2.24, 2.45) is 0 Å². The molecule has 2 N–H and O–H groups in total. The van der Waals surface area contributed by atoms with E-state index in [2.05, 4.69) is 15.5 Å². The fourth-order valence-electron chi connectivity index (χ4n) is 1.63. The smallest absolute Gasteiger partial charge is 0.182 e. The summed E-state index contributed by atoms with van der Waals surface area (Å²) in [5.74, 6) is 0.700. The second-order valence-corrected chi connectivity index (χ2v) is 4.30. The molecule has 1 aromatic heterocycles. The zero-order chi connectivity index (χ0) is 13.1. The predicted molar refractivity (Wildman–Crippen MR) is 68.9 cm³/mol. The third kappa shape index (κ3) is 2.48. The van der Waals surface area contributed by atoms with Crippen LogP contribution in [0.5, 0.6) is 0 Å². The van der Waals surface area contributed by atoms with E-state index in [9.17, 15) is 0 Å². The number of tetrazole rings is 1. The second-order valence-electron chi connectivity index (χ2n) is 4.30. The number of nitrogens with zero attached hydrogens (tertiary/aromatic N) is 4. The SMILES string of the molecule is COC(C)Cn1nnnc1-c1ccc(C)c(N)c1. The van der Waals surface area contributed by atoms with Crippen LogP contribution in [0.15, 0.2) is 18.2 Å². The first-order valence-electron chi connectivity index (χ1n) is 5.77. The van der Waals surface area contributed by atoms with Crippen LogP contribution in [-0.2, 0) is 11.3 Å². The van der Waals surface area contributed by atoms with E-state index in [-0.39, 0.29) is 6.10 Å². The quantitative estimate of drug-likeness (QED) is 0.823. The Balaban J connectivity index is 2.33. The molecule has 0 saturated heterocycles. The minimum Gasteiger partial charge on any atom is -0.398 e. The van der Waals surface area contributed by atoms with Gasteiger partial charge in [-0.25, -0.2) is 4.68 Å². The van der Waals surface area contributed by atoms with Crippen molar-refractivity contribution in [3.8, 4) is 11.4 Å². The van der Waals surface area contributed by atoms with Gasteiger partial charge in [0.05, 0.1) is 12.6 Å². The molecule has 0 aliphatic carbocycles. The molecule has 0 radical (unpaired) electrons. The maximum absolute atomic E-state index is 5.90. The molecule has 1 atom stereocenters. The summed E-state index contributed by atoms with van der Waals surface area (Å²) in [5, 5.41) is 11.7. The highest BCUT2D eigenvalue weighted by molar-refractivity contribution is 5.63. The van der Waals surface area contributed by atoms with Gasteiger partial charge in [0.2, 0.25) is 0 Å². The van der Waals surface area contributed by atoms with Crippen LogP contribution < -0.4 is 5.73 Å². The predicted octanol–water partition coefficient (Wildman–Crippen LogP) is 1.27. The highest BCUT2D eigenvalue weighted by atomic mass is 16.5. The van der Waals surface area contributed by atoms with Crippen molar-refractivity contribution < 1.29 is 4.74 Å². The van der Waals surface area contributed by atoms with Crippen LogP contribution >= 0.6 is 0 Å². The van der Waals surface area contributed by atoms with Crippen LogP contribution in [0.3, 0.4) is 0 Å². The average Bonchev–Trinajstić information content (AvgIpc) is 2.80. The zero-order valence-electron chi connectivity index (χ0n) is 10.8. The highest BCUT2D eigenvalue weighted by Crippen LogP contribution is 2.21. The Morgan fingerprint density at radius 1 is 1.44 bits per heavy atom. The molecular formula is C12H17N5O. The Morgan fingerprint density at radius 3 is 2.89 bits per heavy atom. The number of methoxy groups -OCH3 is 1. The van der Waals surface area contributed by atoms with Crippen molar-refractivity contribution in [2.75, 3.05) is 12.8 Å². The number of ether oxygens (including phenoxy) is 1. The summed E-state index contributed by atoms with van der Waals surface area (Å²) in [7, 11) is 1.67. The normalized spacial score (nSPS) is 12.6. The average molecular weight is 247 g/mol. The van der Waals surface area contributed by atoms with E-state index >= 15 is 0 Å². The van der Waals surface area contributed by atoms with E-state index in [4.69, 9.17) is 10.5 Å². The number of nitrogen functional groups attached to an aromatic ring is 1. The Kier molecular flexibility index (Phi) is 3.57. The van der Waals surface area contributed by atoms with Gasteiger partial charge < -0.3 is 10.5 Å². The molecule has 1 heterocycles. The standard InChI is InChI=1S/C12H17N5O/c1-8-4-5-10(6-11(8)13)12-14-15-16-17(12)7-9(2)18-3/h4-6,9H,7,13H2,1-3H3. The van der Waals surface area contributed by atoms with Gasteiger partial charge in [0.1, 0.15) is 0 Å². The number of anilines is 1. The van der Waals surface area contributed by atoms with Gasteiger partial charge in [-0.2, -0.15) is 0 Å². The van der Waals surface area contributed by atoms with Gasteiger partial charge >= 0.3 is 0 Å². The van der Waals surface area contributed by atoms with Gasteiger partial charge in [-0.1, -0.05) is 12.1 Å². The Labute approximate surface area is 106 Å². The molecule has 0 spiro atoms. The number of hydrogen-bond donors (Lipinski definition) is 1. The molecule has 6 nitrogen and oxygen atoms in total. The zero-order valence-corrected chi connectivity index (χ0v) is 10.8. The fourth-order valence-corrected chi connectivity index (χ4v) is 1.63. The molecule has 6 heteroatoms. The van der Waals surface area contributed by atoms with Crippen LogP contribution in [0.2, 0.25) is 0 Å². The topological polar surface area (TPSA) is 78.8 Å². The van der Waals surface area contributed by atoms with Crippen LogP contribution in [0.4, 0.5) is 5.69 Å². The lowest BCUT2D eigenvalue weighted by atomic mass is 10.1. The number of hydrogen-bond acceptors (Lipinski definition) is 5. The van der Waals surface area contributed by atoms with E-state index in [1.165, 1.54) is 0 Å². The first kappa shape index (κ1) is 12.5. The Bertz CT molecular complexity index is 537. The monoisotopic (exact) mass is 247 g/mol. The number of rotatable bonds is 4. The number of nitrogens with two attached hydrogens (primary N) is 1. The summed E-state index contributed by atoms with van der Waals surface area (Å²) >= 11 is 0. The van der Waals surface area contributed by atoms with Gasteiger partial charge in [0.25, 0.3) is 0 Å². The third-order valence-corrected chi connectivity index (χ3v) is 2.90. The molecule has 1 unspecified atom stereocenters. The molecular weight excluding hydrogens is 230 g/mol. The van der Waals surface area contributed by atoms with Crippen molar-refractivity contribution in [2.45, 2.75) is 26.5 Å². The molecule has 0 amide bonds. The van der Waals surface area contributed by atoms with Crippen molar-refractivity contribution in [1.82, 2.24) is 20.2 Å². The molecule has 2 rings (SSSR count). The minimum absolute atomic E-state index is 0.0510. The summed E-state index contributed by atoms with van der Waals surface area (Å²) in [4.78, 5) is 0. The number of aryl methyl sites for hydroxylation is 1. The molecule has 0 aliphatic heterocycles. The van der Waals surface area contributed by atoms with Crippen LogP contribution in [-0.4, -0.2) is 33.4 Å². The highest BCUT2D eigenvalue weighted by Gasteiger charge is 2.12. The lowest BCUT2D eigenvalue weighted by molar-refractivity contribution is 0.0997. The van der Waals surface area contributed by atoms with Crippen LogP contribution in [0, 0.1) is 6.92 Å². The van der Waals surface area contributed by atoms with Crippen molar-refractivity contribution in [1.29, 1.82) is 0 Å². The summed E-state index contributed by atoms with van der Waals surface area (Å²) in [5.41, 5.74) is 8.59. The molecule has 18 heavy (non-hydrogen) atoms. The van der Waals surface area contributed by atoms with Crippen molar-refractivity contribution in [3.63, 3.8) is 0 Å². The number of aromatic nitrogens is 4. The minimum atomic E-state index is 0.0510. The molecule has 0 fully saturated rings. The second kappa shape index (κ2) is 5.14. The summed E-state index contributed by atoms with van der Waals surface area (Å²) in [6, 6.07) is 5.81. The first-order valence-corrected chi connectivity index (χ1v) is 5.77. The van der Waals surface area contributed by atoms with Gasteiger partial charge in [-0.15, -0.1) is 5.10 Å². The van der Waals surface area contributed by atoms with E-state index < -0.39 is 0 Å². The largest absolute Gasteiger partial charge is 0.398 e. The summed E-state index contributed by atoms with van der Waals surface area (Å²) in [6.45, 7) is 4.54. The van der Waals surface area contributed by atoms with E-state index in [0.29, 0.717) is 12.4 Å². The van der Waals surface area contributed by atoms with E-state index in [1.807, 2.05) is 32.0 Å². The first-order chi connectivity index (χ1) is 8.61. The maximum atomic E-state index is 5.90. The Morgan fingerprint density at radius 2 is 2.22 bits per heavy atom. The molecule has 2 aromatic rings. The van der Waals surface area contributed by atoms with Crippen LogP contribution in [0.25, 0.3) is 11.4 Å². The fraction of sp³-hybridized carbons (Fsp3) is 0.417. The lowest BCUT2D eigenvalue weighted by Gasteiger charge is -2.10. The van der Waals surface area contributed by atoms with Gasteiger partial charge in [-0.3, -0.25) is 0 Å². The molecule has 1 aromatic carbocycles. The van der Waals surface area contributed by atoms with Gasteiger partial charge in [-0.05, 0) is 35.9 Å². The molecule has 0 bridgehead atoms. The lowest BCUT2D eigenvalue weighted by Crippen LogP contribution is -2.16. The molecule has 96 valence electrons. The van der Waals surface area contributed by atoms with Gasteiger partial charge in [0, 0.05) is 18.4 Å². The molecule has 0 aliphatic rings. The van der Waals surface area contributed by atoms with E-state index in [1.54, 1.807) is 11.8 Å². The van der Waals surface area contributed by atoms with Crippen molar-refractivity contribution >= 4 is 5.69 Å². The summed E-state index contributed by atoms with van der Waals surface area (Å²) < 4.78 is 6.94. The van der Waals surface area contributed by atoms with Crippen molar-refractivity contribution in [3.05, 3.63) is 23.8 Å². The maximum Gasteiger partial charge on any atom is 0.182 e. The van der Waals surface area contributed by atoms with Gasteiger partial charge in [0.15, 0.2) is 5.82 Å². The number of benzene rings is 1. The Hall–Kier alpha value is -1.95.